The van der Waals surface area contributed by atoms with E-state index in [9.17, 15) is 4.79 Å². The zero-order valence-corrected chi connectivity index (χ0v) is 18.0. The topological polar surface area (TPSA) is 44.4 Å². The molecular weight excluding hydrogens is 358 g/mol. The van der Waals surface area contributed by atoms with Crippen LogP contribution in [0.2, 0.25) is 0 Å². The van der Waals surface area contributed by atoms with E-state index in [4.69, 9.17) is 0 Å². The Labute approximate surface area is 174 Å². The molecule has 0 spiro atoms. The Kier molecular flexibility index (Phi) is 4.89. The standard InChI is InChI=1S/C25H31N3O/c1-25(2,3)27-24(29)21-11-7-10-20-18-8-6-9-19(18)22(26-23(20)21)16-12-14-17(15-13-16)28(4)5/h6-8,10-15,18-19,22,26H,9H2,1-5H3,(H,27,29). The van der Waals surface area contributed by atoms with Gasteiger partial charge in [0.25, 0.3) is 5.91 Å². The summed E-state index contributed by atoms with van der Waals surface area (Å²) in [5, 5.41) is 6.87. The fourth-order valence-corrected chi connectivity index (χ4v) is 4.53. The van der Waals surface area contributed by atoms with Crippen LogP contribution in [-0.4, -0.2) is 25.5 Å². The van der Waals surface area contributed by atoms with Crippen LogP contribution in [0, 0.1) is 5.92 Å². The molecule has 0 saturated heterocycles. The maximum atomic E-state index is 13.0. The first kappa shape index (κ1) is 19.6. The van der Waals surface area contributed by atoms with Crippen molar-refractivity contribution in [2.75, 3.05) is 24.3 Å². The van der Waals surface area contributed by atoms with Crippen molar-refractivity contribution in [1.29, 1.82) is 0 Å². The number of nitrogens with one attached hydrogen (secondary N) is 2. The molecule has 1 amide bonds. The molecule has 1 aliphatic heterocycles. The summed E-state index contributed by atoms with van der Waals surface area (Å²) in [6, 6.07) is 15.0. The molecule has 4 rings (SSSR count). The van der Waals surface area contributed by atoms with Gasteiger partial charge < -0.3 is 15.5 Å². The third-order valence-electron chi connectivity index (χ3n) is 5.90. The highest BCUT2D eigenvalue weighted by Crippen LogP contribution is 2.50. The van der Waals surface area contributed by atoms with Crippen molar-refractivity contribution >= 4 is 17.3 Å². The molecule has 2 aromatic rings. The lowest BCUT2D eigenvalue weighted by Gasteiger charge is -2.38. The Morgan fingerprint density at radius 2 is 1.83 bits per heavy atom. The Morgan fingerprint density at radius 3 is 2.48 bits per heavy atom. The summed E-state index contributed by atoms with van der Waals surface area (Å²) in [5.41, 5.74) is 5.12. The van der Waals surface area contributed by atoms with Gasteiger partial charge in [0.15, 0.2) is 0 Å². The number of amides is 1. The van der Waals surface area contributed by atoms with E-state index >= 15 is 0 Å². The number of anilines is 2. The quantitative estimate of drug-likeness (QED) is 0.717. The van der Waals surface area contributed by atoms with Crippen LogP contribution in [0.25, 0.3) is 0 Å². The van der Waals surface area contributed by atoms with Crippen LogP contribution in [0.5, 0.6) is 0 Å². The SMILES string of the molecule is CN(C)c1ccc(C2Nc3c(C(=O)NC(C)(C)C)cccc3C3C=CCC32)cc1. The molecule has 3 atom stereocenters. The molecule has 1 heterocycles. The molecule has 1 aliphatic carbocycles. The van der Waals surface area contributed by atoms with Crippen molar-refractivity contribution < 1.29 is 4.79 Å². The smallest absolute Gasteiger partial charge is 0.253 e. The van der Waals surface area contributed by atoms with Gasteiger partial charge >= 0.3 is 0 Å². The lowest BCUT2D eigenvalue weighted by molar-refractivity contribution is 0.0920. The van der Waals surface area contributed by atoms with Crippen molar-refractivity contribution in [3.63, 3.8) is 0 Å². The van der Waals surface area contributed by atoms with Crippen LogP contribution < -0.4 is 15.5 Å². The maximum absolute atomic E-state index is 13.0. The molecule has 0 aromatic heterocycles. The molecule has 0 radical (unpaired) electrons. The van der Waals surface area contributed by atoms with Crippen LogP contribution in [0.4, 0.5) is 11.4 Å². The molecule has 3 unspecified atom stereocenters. The number of hydrogen-bond donors (Lipinski definition) is 2. The molecule has 4 heteroatoms. The van der Waals surface area contributed by atoms with E-state index in [-0.39, 0.29) is 17.5 Å². The first-order valence-electron chi connectivity index (χ1n) is 10.4. The van der Waals surface area contributed by atoms with Gasteiger partial charge in [-0.3, -0.25) is 4.79 Å². The summed E-state index contributed by atoms with van der Waals surface area (Å²) in [7, 11) is 4.11. The molecule has 0 saturated carbocycles. The lowest BCUT2D eigenvalue weighted by Crippen LogP contribution is -2.41. The van der Waals surface area contributed by atoms with Crippen LogP contribution >= 0.6 is 0 Å². The maximum Gasteiger partial charge on any atom is 0.253 e. The summed E-state index contributed by atoms with van der Waals surface area (Å²) < 4.78 is 0. The summed E-state index contributed by atoms with van der Waals surface area (Å²) >= 11 is 0. The Morgan fingerprint density at radius 1 is 1.10 bits per heavy atom. The average Bonchev–Trinajstić information content (AvgIpc) is 3.15. The van der Waals surface area contributed by atoms with E-state index in [0.717, 1.165) is 17.7 Å². The fraction of sp³-hybridized carbons (Fsp3) is 0.400. The van der Waals surface area contributed by atoms with E-state index < -0.39 is 0 Å². The highest BCUT2D eigenvalue weighted by molar-refractivity contribution is 6.01. The Balaban J connectivity index is 1.73. The molecule has 4 nitrogen and oxygen atoms in total. The zero-order chi connectivity index (χ0) is 20.8. The summed E-state index contributed by atoms with van der Waals surface area (Å²) in [6.45, 7) is 6.04. The first-order chi connectivity index (χ1) is 13.7. The highest BCUT2D eigenvalue weighted by Gasteiger charge is 2.39. The molecule has 0 bridgehead atoms. The number of para-hydroxylation sites is 1. The molecule has 2 aromatic carbocycles. The van der Waals surface area contributed by atoms with Crippen LogP contribution in [-0.2, 0) is 0 Å². The van der Waals surface area contributed by atoms with Gasteiger partial charge in [-0.2, -0.15) is 0 Å². The van der Waals surface area contributed by atoms with Gasteiger partial charge in [0.2, 0.25) is 0 Å². The van der Waals surface area contributed by atoms with E-state index in [0.29, 0.717) is 11.8 Å². The van der Waals surface area contributed by atoms with Crippen molar-refractivity contribution in [3.05, 3.63) is 71.3 Å². The molecule has 2 N–H and O–H groups in total. The second-order valence-electron chi connectivity index (χ2n) is 9.44. The summed E-state index contributed by atoms with van der Waals surface area (Å²) in [4.78, 5) is 15.1. The molecule has 2 aliphatic rings. The molecular formula is C25H31N3O. The number of fused-ring (bicyclic) bond motifs is 3. The first-order valence-corrected chi connectivity index (χ1v) is 10.4. The van der Waals surface area contributed by atoms with Crippen molar-refractivity contribution in [2.24, 2.45) is 5.92 Å². The predicted molar refractivity (Wildman–Crippen MR) is 121 cm³/mol. The lowest BCUT2D eigenvalue weighted by atomic mass is 9.76. The number of allylic oxidation sites excluding steroid dienone is 2. The number of carbonyl (C=O) groups is 1. The number of rotatable bonds is 3. The largest absolute Gasteiger partial charge is 0.378 e. The van der Waals surface area contributed by atoms with Crippen LogP contribution in [0.15, 0.2) is 54.6 Å². The molecule has 0 fully saturated rings. The van der Waals surface area contributed by atoms with E-state index in [1.165, 1.54) is 16.8 Å². The zero-order valence-electron chi connectivity index (χ0n) is 18.0. The minimum absolute atomic E-state index is 0.0241. The normalized spacial score (nSPS) is 22.4. The van der Waals surface area contributed by atoms with E-state index in [2.05, 4.69) is 72.1 Å². The number of hydrogen-bond acceptors (Lipinski definition) is 3. The Bertz CT molecular complexity index is 938. The average molecular weight is 390 g/mol. The molecule has 152 valence electrons. The third kappa shape index (κ3) is 3.76. The summed E-state index contributed by atoms with van der Waals surface area (Å²) in [5.74, 6) is 0.782. The fourth-order valence-electron chi connectivity index (χ4n) is 4.53. The number of carbonyl (C=O) groups excluding carboxylic acids is 1. The van der Waals surface area contributed by atoms with Crippen LogP contribution in [0.3, 0.4) is 0 Å². The monoisotopic (exact) mass is 389 g/mol. The minimum atomic E-state index is -0.272. The number of benzene rings is 2. The van der Waals surface area contributed by atoms with Gasteiger partial charge in [0.05, 0.1) is 17.3 Å². The van der Waals surface area contributed by atoms with Gasteiger partial charge in [-0.1, -0.05) is 36.4 Å². The third-order valence-corrected chi connectivity index (χ3v) is 5.90. The molecule has 29 heavy (non-hydrogen) atoms. The van der Waals surface area contributed by atoms with Crippen molar-refractivity contribution in [3.8, 4) is 0 Å². The Hall–Kier alpha value is -2.75. The predicted octanol–water partition coefficient (Wildman–Crippen LogP) is 5.11. The minimum Gasteiger partial charge on any atom is -0.378 e. The second-order valence-corrected chi connectivity index (χ2v) is 9.44. The van der Waals surface area contributed by atoms with E-state index in [1.54, 1.807) is 0 Å². The summed E-state index contributed by atoms with van der Waals surface area (Å²) in [6.07, 6.45) is 5.65. The van der Waals surface area contributed by atoms with Gasteiger partial charge in [-0.15, -0.1) is 0 Å². The van der Waals surface area contributed by atoms with Crippen molar-refractivity contribution in [1.82, 2.24) is 5.32 Å². The van der Waals surface area contributed by atoms with Gasteiger partial charge in [-0.25, -0.2) is 0 Å². The highest BCUT2D eigenvalue weighted by atomic mass is 16.1. The van der Waals surface area contributed by atoms with Crippen molar-refractivity contribution in [2.45, 2.75) is 44.7 Å². The van der Waals surface area contributed by atoms with Gasteiger partial charge in [0, 0.05) is 31.2 Å². The van der Waals surface area contributed by atoms with E-state index in [1.807, 2.05) is 32.9 Å². The number of nitrogens with zero attached hydrogens (tertiary/aromatic N) is 1. The van der Waals surface area contributed by atoms with Gasteiger partial charge in [0.1, 0.15) is 0 Å². The second kappa shape index (κ2) is 7.25. The van der Waals surface area contributed by atoms with Crippen LogP contribution in [0.1, 0.15) is 60.6 Å². The van der Waals surface area contributed by atoms with Gasteiger partial charge in [-0.05, 0) is 62.4 Å².